The monoisotopic (exact) mass is 395 g/mol. The minimum Gasteiger partial charge on any atom is -0.755 e. The molecular weight excluding hydrogens is 372 g/mol. The molecule has 0 bridgehead atoms. The Kier molecular flexibility index (Phi) is 5.82. The zero-order valence-corrected chi connectivity index (χ0v) is 17.2. The summed E-state index contributed by atoms with van der Waals surface area (Å²) >= 11 is -2.37. The second-order valence-electron chi connectivity index (χ2n) is 6.80. The highest BCUT2D eigenvalue weighted by molar-refractivity contribution is 7.80. The SMILES string of the molecule is CCC(=O)c1c(-c2ccc(NS(=O)[O-])cc2)c(-c2ccc(C)cc2)c(C)n1C. The Labute approximate surface area is 167 Å². The van der Waals surface area contributed by atoms with E-state index in [4.69, 9.17) is 0 Å². The van der Waals surface area contributed by atoms with E-state index in [1.807, 2.05) is 44.5 Å². The highest BCUT2D eigenvalue weighted by Gasteiger charge is 2.24. The molecule has 1 atom stereocenters. The van der Waals surface area contributed by atoms with Crippen LogP contribution in [0.1, 0.15) is 35.1 Å². The number of ketones is 1. The average Bonchev–Trinajstić information content (AvgIpc) is 2.93. The van der Waals surface area contributed by atoms with E-state index in [1.54, 1.807) is 12.1 Å². The zero-order chi connectivity index (χ0) is 20.4. The van der Waals surface area contributed by atoms with Crippen molar-refractivity contribution >= 4 is 22.7 Å². The van der Waals surface area contributed by atoms with E-state index in [0.29, 0.717) is 17.8 Å². The molecule has 2 aromatic carbocycles. The maximum Gasteiger partial charge on any atom is 0.179 e. The number of hydrogen-bond acceptors (Lipinski definition) is 3. The van der Waals surface area contributed by atoms with Crippen LogP contribution >= 0.6 is 0 Å². The molecule has 146 valence electrons. The number of Topliss-reactive ketones (excluding diaryl/α,β-unsaturated/α-hetero) is 1. The Balaban J connectivity index is 2.25. The van der Waals surface area contributed by atoms with E-state index in [1.165, 1.54) is 5.56 Å². The summed E-state index contributed by atoms with van der Waals surface area (Å²) in [4.78, 5) is 12.8. The molecule has 0 aliphatic rings. The van der Waals surface area contributed by atoms with E-state index in [9.17, 15) is 13.6 Å². The number of aryl methyl sites for hydroxylation is 1. The van der Waals surface area contributed by atoms with Crippen LogP contribution in [-0.4, -0.2) is 19.1 Å². The third-order valence-electron chi connectivity index (χ3n) is 4.99. The number of nitrogens with one attached hydrogen (secondary N) is 1. The number of nitrogens with zero attached hydrogens (tertiary/aromatic N) is 1. The molecule has 1 heterocycles. The van der Waals surface area contributed by atoms with Gasteiger partial charge >= 0.3 is 0 Å². The first-order valence-corrected chi connectivity index (χ1v) is 10.2. The van der Waals surface area contributed by atoms with Gasteiger partial charge in [0.15, 0.2) is 5.78 Å². The molecule has 1 unspecified atom stereocenters. The lowest BCUT2D eigenvalue weighted by Crippen LogP contribution is -2.07. The quantitative estimate of drug-likeness (QED) is 0.482. The van der Waals surface area contributed by atoms with E-state index in [2.05, 4.69) is 29.0 Å². The minimum absolute atomic E-state index is 0.0711. The van der Waals surface area contributed by atoms with E-state index >= 15 is 0 Å². The van der Waals surface area contributed by atoms with Gasteiger partial charge in [-0.1, -0.05) is 48.9 Å². The first-order chi connectivity index (χ1) is 13.3. The molecule has 6 heteroatoms. The van der Waals surface area contributed by atoms with Crippen LogP contribution in [0.25, 0.3) is 22.3 Å². The molecule has 0 aliphatic heterocycles. The predicted molar refractivity (Wildman–Crippen MR) is 113 cm³/mol. The van der Waals surface area contributed by atoms with Gasteiger partial charge in [0.05, 0.1) is 5.69 Å². The van der Waals surface area contributed by atoms with Crippen LogP contribution in [0.4, 0.5) is 5.69 Å². The molecule has 0 spiro atoms. The molecule has 0 saturated carbocycles. The van der Waals surface area contributed by atoms with Crippen molar-refractivity contribution < 1.29 is 13.6 Å². The summed E-state index contributed by atoms with van der Waals surface area (Å²) in [5.74, 6) is 0.0711. The lowest BCUT2D eigenvalue weighted by atomic mass is 9.93. The van der Waals surface area contributed by atoms with Crippen molar-refractivity contribution in [2.45, 2.75) is 27.2 Å². The van der Waals surface area contributed by atoms with Gasteiger partial charge in [-0.05, 0) is 37.1 Å². The van der Waals surface area contributed by atoms with Crippen molar-refractivity contribution in [3.8, 4) is 22.3 Å². The number of benzene rings is 2. The average molecular weight is 396 g/mol. The maximum absolute atomic E-state index is 12.8. The highest BCUT2D eigenvalue weighted by atomic mass is 32.2. The second-order valence-corrected chi connectivity index (χ2v) is 7.47. The third kappa shape index (κ3) is 3.79. The zero-order valence-electron chi connectivity index (χ0n) is 16.4. The van der Waals surface area contributed by atoms with Crippen molar-refractivity contribution in [1.82, 2.24) is 4.57 Å². The van der Waals surface area contributed by atoms with Crippen molar-refractivity contribution in [3.63, 3.8) is 0 Å². The fraction of sp³-hybridized carbons (Fsp3) is 0.227. The van der Waals surface area contributed by atoms with Crippen molar-refractivity contribution in [2.24, 2.45) is 7.05 Å². The van der Waals surface area contributed by atoms with E-state index in [0.717, 1.165) is 27.9 Å². The van der Waals surface area contributed by atoms with Crippen molar-refractivity contribution in [2.75, 3.05) is 4.72 Å². The van der Waals surface area contributed by atoms with Crippen LogP contribution in [0.15, 0.2) is 48.5 Å². The van der Waals surface area contributed by atoms with Crippen LogP contribution in [-0.2, 0) is 18.3 Å². The topological polar surface area (TPSA) is 74.2 Å². The lowest BCUT2D eigenvalue weighted by molar-refractivity contribution is 0.0981. The summed E-state index contributed by atoms with van der Waals surface area (Å²) in [5.41, 5.74) is 7.15. The van der Waals surface area contributed by atoms with Gasteiger partial charge in [0.25, 0.3) is 0 Å². The molecule has 3 rings (SSSR count). The van der Waals surface area contributed by atoms with Gasteiger partial charge in [0.1, 0.15) is 0 Å². The summed E-state index contributed by atoms with van der Waals surface area (Å²) < 4.78 is 26.0. The number of carbonyl (C=O) groups excluding carboxylic acids is 1. The minimum atomic E-state index is -2.37. The summed E-state index contributed by atoms with van der Waals surface area (Å²) in [5, 5.41) is 0. The summed E-state index contributed by atoms with van der Waals surface area (Å²) in [6.45, 7) is 5.92. The fourth-order valence-corrected chi connectivity index (χ4v) is 3.78. The first-order valence-electron chi connectivity index (χ1n) is 9.09. The van der Waals surface area contributed by atoms with Crippen LogP contribution < -0.4 is 4.72 Å². The molecule has 5 nitrogen and oxygen atoms in total. The van der Waals surface area contributed by atoms with Crippen molar-refractivity contribution in [1.29, 1.82) is 0 Å². The normalized spacial score (nSPS) is 12.0. The lowest BCUT2D eigenvalue weighted by Gasteiger charge is -2.12. The first kappa shape index (κ1) is 20.0. The number of rotatable bonds is 6. The summed E-state index contributed by atoms with van der Waals surface area (Å²) in [7, 11) is 1.91. The van der Waals surface area contributed by atoms with Crippen LogP contribution in [0.3, 0.4) is 0 Å². The van der Waals surface area contributed by atoms with Gasteiger partial charge in [0, 0.05) is 47.2 Å². The molecule has 1 N–H and O–H groups in total. The van der Waals surface area contributed by atoms with Gasteiger partial charge in [-0.3, -0.25) is 9.00 Å². The molecule has 0 amide bonds. The molecule has 0 aliphatic carbocycles. The maximum atomic E-state index is 12.8. The Morgan fingerprint density at radius 2 is 1.54 bits per heavy atom. The van der Waals surface area contributed by atoms with Gasteiger partial charge in [-0.25, -0.2) is 0 Å². The summed E-state index contributed by atoms with van der Waals surface area (Å²) in [6, 6.07) is 15.3. The number of anilines is 1. The molecule has 0 radical (unpaired) electrons. The van der Waals surface area contributed by atoms with Crippen molar-refractivity contribution in [3.05, 3.63) is 65.5 Å². The molecular formula is C22H23N2O3S-. The fourth-order valence-electron chi connectivity index (χ4n) is 3.45. The Morgan fingerprint density at radius 1 is 1.00 bits per heavy atom. The molecule has 1 aromatic heterocycles. The van der Waals surface area contributed by atoms with E-state index in [-0.39, 0.29) is 5.78 Å². The highest BCUT2D eigenvalue weighted by Crippen LogP contribution is 2.40. The largest absolute Gasteiger partial charge is 0.755 e. The standard InChI is InChI=1S/C22H24N2O3S/c1-5-19(25)22-21(17-10-12-18(13-11-17)23-28(26)27)20(15(3)24(22)4)16-8-6-14(2)7-9-16/h6-13,23H,5H2,1-4H3,(H,26,27)/p-1. The Bertz CT molecular complexity index is 1040. The number of aromatic nitrogens is 1. The van der Waals surface area contributed by atoms with Gasteiger partial charge in [-0.15, -0.1) is 0 Å². The predicted octanol–water partition coefficient (Wildman–Crippen LogP) is 4.77. The van der Waals surface area contributed by atoms with E-state index < -0.39 is 11.3 Å². The van der Waals surface area contributed by atoms with Gasteiger partial charge in [-0.2, -0.15) is 0 Å². The molecule has 0 fully saturated rings. The number of hydrogen-bond donors (Lipinski definition) is 1. The summed E-state index contributed by atoms with van der Waals surface area (Å²) in [6.07, 6.45) is 0.409. The number of carbonyl (C=O) groups is 1. The molecule has 28 heavy (non-hydrogen) atoms. The van der Waals surface area contributed by atoms with Gasteiger partial charge in [0.2, 0.25) is 0 Å². The van der Waals surface area contributed by atoms with Gasteiger partial charge < -0.3 is 13.8 Å². The third-order valence-corrected chi connectivity index (χ3v) is 5.39. The smallest absolute Gasteiger partial charge is 0.179 e. The van der Waals surface area contributed by atoms with Crippen LogP contribution in [0, 0.1) is 13.8 Å². The second kappa shape index (κ2) is 8.12. The Hall–Kier alpha value is -2.70. The van der Waals surface area contributed by atoms with Crippen LogP contribution in [0.2, 0.25) is 0 Å². The molecule has 0 saturated heterocycles. The molecule has 3 aromatic rings. The van der Waals surface area contributed by atoms with Crippen LogP contribution in [0.5, 0.6) is 0 Å². The Morgan fingerprint density at radius 3 is 2.07 bits per heavy atom.